The molecule has 7 nitrogen and oxygen atoms in total. The smallest absolute Gasteiger partial charge is 0.304 e. The maximum atomic E-state index is 11.1. The molecule has 1 aliphatic carbocycles. The van der Waals surface area contributed by atoms with Gasteiger partial charge < -0.3 is 14.4 Å². The zero-order valence-electron chi connectivity index (χ0n) is 21.2. The molecule has 37 heavy (non-hydrogen) atoms. The molecule has 0 saturated carbocycles. The summed E-state index contributed by atoms with van der Waals surface area (Å²) in [5.41, 5.74) is 10.7. The zero-order valence-corrected chi connectivity index (χ0v) is 21.2. The first-order valence-corrected chi connectivity index (χ1v) is 12.7. The molecule has 1 N–H and O–H groups in total. The molecule has 6 rings (SSSR count). The lowest BCUT2D eigenvalue weighted by Crippen LogP contribution is -2.08. The summed E-state index contributed by atoms with van der Waals surface area (Å²) in [6, 6.07) is 13.0. The average Bonchev–Trinajstić information content (AvgIpc) is 3.58. The van der Waals surface area contributed by atoms with Crippen LogP contribution in [0.3, 0.4) is 0 Å². The van der Waals surface area contributed by atoms with E-state index in [0.29, 0.717) is 24.2 Å². The number of aliphatic carboxylic acids is 1. The number of fused-ring (bicyclic) bond motifs is 2. The number of aromatic nitrogens is 3. The fraction of sp³-hybridized carbons (Fsp3) is 0.333. The van der Waals surface area contributed by atoms with Gasteiger partial charge >= 0.3 is 5.97 Å². The minimum absolute atomic E-state index is 0.0483. The first kappa shape index (κ1) is 23.4. The highest BCUT2D eigenvalue weighted by molar-refractivity contribution is 5.78. The van der Waals surface area contributed by atoms with Crippen molar-refractivity contribution >= 4 is 5.97 Å². The van der Waals surface area contributed by atoms with Crippen LogP contribution in [0.15, 0.2) is 47.1 Å². The Labute approximate surface area is 215 Å². The third-order valence-electron chi connectivity index (χ3n) is 7.65. The molecule has 188 valence electrons. The van der Waals surface area contributed by atoms with E-state index in [4.69, 9.17) is 14.4 Å². The van der Waals surface area contributed by atoms with Crippen LogP contribution in [0.1, 0.15) is 64.1 Å². The highest BCUT2D eigenvalue weighted by Gasteiger charge is 2.30. The lowest BCUT2D eigenvalue weighted by Gasteiger charge is -2.17. The third-order valence-corrected chi connectivity index (χ3v) is 7.65. The van der Waals surface area contributed by atoms with Gasteiger partial charge in [-0.15, -0.1) is 0 Å². The standard InChI is InChI=1S/C30H29N3O4/c1-16-9-21(30-32-18(3)37-33-30)10-17(2)28(16)25-6-4-5-23-20(7-8-24(23)25)11-19-12-26-29(31-14-19)22(15-36-26)13-27(34)35/h4-6,9-10,12,14,20,22H,7-8,11,13,15H2,1-3H3,(H,34,35)/t20-,22?/m0/s1. The number of ether oxygens (including phenoxy) is 1. The fourth-order valence-corrected chi connectivity index (χ4v) is 6.07. The first-order chi connectivity index (χ1) is 17.9. The summed E-state index contributed by atoms with van der Waals surface area (Å²) in [5, 5.41) is 13.2. The van der Waals surface area contributed by atoms with Crippen LogP contribution in [0.5, 0.6) is 5.75 Å². The average molecular weight is 496 g/mol. The largest absolute Gasteiger partial charge is 0.491 e. The van der Waals surface area contributed by atoms with Crippen LogP contribution in [0.2, 0.25) is 0 Å². The summed E-state index contributed by atoms with van der Waals surface area (Å²) in [4.78, 5) is 20.1. The normalized spacial score (nSPS) is 17.9. The fourth-order valence-electron chi connectivity index (χ4n) is 6.07. The Balaban J connectivity index is 1.28. The molecule has 2 aliphatic rings. The van der Waals surface area contributed by atoms with Gasteiger partial charge in [0.2, 0.25) is 11.7 Å². The van der Waals surface area contributed by atoms with Crippen molar-refractivity contribution < 1.29 is 19.2 Å². The van der Waals surface area contributed by atoms with Gasteiger partial charge in [0, 0.05) is 24.6 Å². The molecule has 0 saturated heterocycles. The molecule has 0 radical (unpaired) electrons. The molecule has 2 aromatic heterocycles. The maximum Gasteiger partial charge on any atom is 0.304 e. The molecule has 1 aliphatic heterocycles. The molecule has 1 unspecified atom stereocenters. The van der Waals surface area contributed by atoms with Gasteiger partial charge in [-0.1, -0.05) is 23.4 Å². The second kappa shape index (κ2) is 9.14. The van der Waals surface area contributed by atoms with Crippen molar-refractivity contribution in [2.24, 2.45) is 0 Å². The van der Waals surface area contributed by atoms with Gasteiger partial charge in [-0.25, -0.2) is 0 Å². The van der Waals surface area contributed by atoms with Crippen LogP contribution in [0.4, 0.5) is 0 Å². The number of pyridine rings is 1. The molecule has 2 atom stereocenters. The van der Waals surface area contributed by atoms with Crippen LogP contribution in [0, 0.1) is 20.8 Å². The van der Waals surface area contributed by atoms with Crippen molar-refractivity contribution in [2.75, 3.05) is 6.61 Å². The van der Waals surface area contributed by atoms with E-state index in [9.17, 15) is 4.79 Å². The quantitative estimate of drug-likeness (QED) is 0.353. The van der Waals surface area contributed by atoms with E-state index < -0.39 is 5.97 Å². The molecule has 4 aromatic rings. The molecule has 2 aromatic carbocycles. The summed E-state index contributed by atoms with van der Waals surface area (Å²) >= 11 is 0. The van der Waals surface area contributed by atoms with Crippen molar-refractivity contribution in [3.8, 4) is 28.3 Å². The van der Waals surface area contributed by atoms with Gasteiger partial charge in [0.1, 0.15) is 5.75 Å². The van der Waals surface area contributed by atoms with E-state index in [0.717, 1.165) is 41.8 Å². The van der Waals surface area contributed by atoms with Gasteiger partial charge in [0.15, 0.2) is 0 Å². The van der Waals surface area contributed by atoms with Crippen molar-refractivity contribution in [2.45, 2.75) is 58.3 Å². The lowest BCUT2D eigenvalue weighted by atomic mass is 9.87. The van der Waals surface area contributed by atoms with E-state index in [2.05, 4.69) is 65.4 Å². The van der Waals surface area contributed by atoms with Crippen LogP contribution < -0.4 is 4.74 Å². The number of carboxylic acid groups (broad SMARTS) is 1. The van der Waals surface area contributed by atoms with E-state index in [-0.39, 0.29) is 12.3 Å². The molecule has 0 bridgehead atoms. The predicted octanol–water partition coefficient (Wildman–Crippen LogP) is 5.95. The highest BCUT2D eigenvalue weighted by Crippen LogP contribution is 2.43. The second-order valence-corrected chi connectivity index (χ2v) is 10.3. The van der Waals surface area contributed by atoms with Gasteiger partial charge in [-0.2, -0.15) is 4.98 Å². The summed E-state index contributed by atoms with van der Waals surface area (Å²) in [6.45, 7) is 6.49. The Morgan fingerprint density at radius 3 is 2.65 bits per heavy atom. The Morgan fingerprint density at radius 2 is 1.92 bits per heavy atom. The predicted molar refractivity (Wildman–Crippen MR) is 139 cm³/mol. The van der Waals surface area contributed by atoms with Crippen LogP contribution >= 0.6 is 0 Å². The third kappa shape index (κ3) is 4.28. The maximum absolute atomic E-state index is 11.1. The summed E-state index contributed by atoms with van der Waals surface area (Å²) in [5.74, 6) is 1.34. The molecule has 0 spiro atoms. The van der Waals surface area contributed by atoms with E-state index in [1.165, 1.54) is 33.4 Å². The van der Waals surface area contributed by atoms with Gasteiger partial charge in [0.05, 0.1) is 18.7 Å². The van der Waals surface area contributed by atoms with Crippen LogP contribution in [0.25, 0.3) is 22.5 Å². The minimum Gasteiger partial charge on any atom is -0.491 e. The number of benzene rings is 2. The first-order valence-electron chi connectivity index (χ1n) is 12.7. The monoisotopic (exact) mass is 495 g/mol. The molecule has 0 fully saturated rings. The molecular weight excluding hydrogens is 466 g/mol. The molecular formula is C30H29N3O4. The second-order valence-electron chi connectivity index (χ2n) is 10.3. The Hall–Kier alpha value is -4.00. The van der Waals surface area contributed by atoms with E-state index >= 15 is 0 Å². The highest BCUT2D eigenvalue weighted by atomic mass is 16.5. The molecule has 7 heteroatoms. The van der Waals surface area contributed by atoms with Gasteiger partial charge in [-0.05, 0) is 96.2 Å². The summed E-state index contributed by atoms with van der Waals surface area (Å²) in [7, 11) is 0. The number of nitrogens with zero attached hydrogens (tertiary/aromatic N) is 3. The van der Waals surface area contributed by atoms with Crippen molar-refractivity contribution in [1.29, 1.82) is 0 Å². The molecule has 0 amide bonds. The van der Waals surface area contributed by atoms with Crippen molar-refractivity contribution in [1.82, 2.24) is 15.1 Å². The van der Waals surface area contributed by atoms with Crippen molar-refractivity contribution in [3.05, 3.63) is 82.0 Å². The summed E-state index contributed by atoms with van der Waals surface area (Å²) < 4.78 is 11.0. The topological polar surface area (TPSA) is 98.3 Å². The Morgan fingerprint density at radius 1 is 1.11 bits per heavy atom. The van der Waals surface area contributed by atoms with E-state index in [1.807, 2.05) is 6.20 Å². The van der Waals surface area contributed by atoms with Crippen LogP contribution in [-0.2, 0) is 17.6 Å². The van der Waals surface area contributed by atoms with E-state index in [1.54, 1.807) is 6.92 Å². The molecule has 3 heterocycles. The minimum atomic E-state index is -0.823. The lowest BCUT2D eigenvalue weighted by molar-refractivity contribution is -0.137. The number of rotatable bonds is 6. The summed E-state index contributed by atoms with van der Waals surface area (Å²) in [6.07, 6.45) is 4.96. The van der Waals surface area contributed by atoms with Gasteiger partial charge in [0.25, 0.3) is 0 Å². The number of carboxylic acids is 1. The SMILES string of the molecule is Cc1nc(-c2cc(C)c(-c3cccc4c3CC[C@H]4Cc3cnc4c(c3)OCC4CC(=O)O)c(C)c2)no1. The zero-order chi connectivity index (χ0) is 25.7. The Kier molecular flexibility index (Phi) is 5.78. The number of aryl methyl sites for hydroxylation is 3. The Bertz CT molecular complexity index is 1500. The van der Waals surface area contributed by atoms with Gasteiger partial charge in [-0.3, -0.25) is 9.78 Å². The number of hydrogen-bond acceptors (Lipinski definition) is 6. The van der Waals surface area contributed by atoms with Crippen molar-refractivity contribution in [3.63, 3.8) is 0 Å². The number of hydrogen-bond donors (Lipinski definition) is 1. The number of carbonyl (C=O) groups is 1. The van der Waals surface area contributed by atoms with Crippen LogP contribution in [-0.4, -0.2) is 32.8 Å².